The Balaban J connectivity index is 2.27. The van der Waals surface area contributed by atoms with E-state index in [4.69, 9.17) is 4.74 Å². The fraction of sp³-hybridized carbons (Fsp3) is 0.571. The van der Waals surface area contributed by atoms with E-state index < -0.39 is 11.7 Å². The zero-order chi connectivity index (χ0) is 13.4. The molecule has 0 heterocycles. The van der Waals surface area contributed by atoms with Crippen molar-refractivity contribution in [1.29, 1.82) is 0 Å². The van der Waals surface area contributed by atoms with Gasteiger partial charge in [0.05, 0.1) is 5.56 Å². The number of rotatable bonds is 7. The summed E-state index contributed by atoms with van der Waals surface area (Å²) in [5.41, 5.74) is 0.390. The molecule has 18 heavy (non-hydrogen) atoms. The molecule has 0 amide bonds. The Morgan fingerprint density at radius 2 is 1.56 bits per heavy atom. The van der Waals surface area contributed by atoms with E-state index in [0.717, 1.165) is 56.4 Å². The van der Waals surface area contributed by atoms with Gasteiger partial charge in [0.1, 0.15) is 0 Å². The Labute approximate surface area is 106 Å². The number of hydrogen-bond donors (Lipinski definition) is 0. The van der Waals surface area contributed by atoms with E-state index in [1.54, 1.807) is 19.2 Å². The van der Waals surface area contributed by atoms with Gasteiger partial charge in [0.25, 0.3) is 0 Å². The molecule has 0 fully saturated rings. The lowest BCUT2D eigenvalue weighted by atomic mass is 10.0. The smallest absolute Gasteiger partial charge is 0.385 e. The Kier molecular flexibility index (Phi) is 6.19. The van der Waals surface area contributed by atoms with Crippen LogP contribution in [0.3, 0.4) is 0 Å². The number of methoxy groups -OCH3 is 1. The summed E-state index contributed by atoms with van der Waals surface area (Å²) in [5, 5.41) is 0. The highest BCUT2D eigenvalue weighted by molar-refractivity contribution is 5.24. The van der Waals surface area contributed by atoms with Crippen LogP contribution in [0.2, 0.25) is 0 Å². The van der Waals surface area contributed by atoms with Gasteiger partial charge in [-0.3, -0.25) is 0 Å². The maximum Gasteiger partial charge on any atom is 0.416 e. The second-order valence-electron chi connectivity index (χ2n) is 4.35. The fourth-order valence-corrected chi connectivity index (χ4v) is 1.79. The van der Waals surface area contributed by atoms with E-state index in [0.29, 0.717) is 0 Å². The number of aryl methyl sites for hydroxylation is 1. The summed E-state index contributed by atoms with van der Waals surface area (Å²) in [6, 6.07) is 5.44. The Morgan fingerprint density at radius 3 is 2.11 bits per heavy atom. The second kappa shape index (κ2) is 7.41. The molecule has 1 aromatic carbocycles. The number of unbranched alkanes of at least 4 members (excludes halogenated alkanes) is 3. The summed E-state index contributed by atoms with van der Waals surface area (Å²) in [5.74, 6) is 0. The number of ether oxygens (including phenoxy) is 1. The number of alkyl halides is 3. The molecule has 0 aliphatic rings. The van der Waals surface area contributed by atoms with Crippen molar-refractivity contribution in [2.45, 2.75) is 38.3 Å². The summed E-state index contributed by atoms with van der Waals surface area (Å²) < 4.78 is 41.9. The third kappa shape index (κ3) is 5.54. The topological polar surface area (TPSA) is 9.23 Å². The van der Waals surface area contributed by atoms with Crippen LogP contribution in [0.25, 0.3) is 0 Å². The standard InChI is InChI=1S/C14H19F3O/c1-18-11-5-3-2-4-6-12-7-9-13(10-8-12)14(15,16)17/h7-10H,2-6,11H2,1H3. The van der Waals surface area contributed by atoms with Gasteiger partial charge in [-0.15, -0.1) is 0 Å². The van der Waals surface area contributed by atoms with Gasteiger partial charge in [-0.05, 0) is 37.0 Å². The van der Waals surface area contributed by atoms with Crippen molar-refractivity contribution in [3.63, 3.8) is 0 Å². The lowest BCUT2D eigenvalue weighted by Gasteiger charge is -2.07. The molecule has 0 aromatic heterocycles. The van der Waals surface area contributed by atoms with Crippen LogP contribution in [0.5, 0.6) is 0 Å². The van der Waals surface area contributed by atoms with E-state index in [9.17, 15) is 13.2 Å². The quantitative estimate of drug-likeness (QED) is 0.658. The molecule has 1 rings (SSSR count). The van der Waals surface area contributed by atoms with Gasteiger partial charge in [0, 0.05) is 13.7 Å². The van der Waals surface area contributed by atoms with Crippen LogP contribution in [0.1, 0.15) is 36.8 Å². The second-order valence-corrected chi connectivity index (χ2v) is 4.35. The molecule has 0 spiro atoms. The molecule has 0 atom stereocenters. The first kappa shape index (κ1) is 15.0. The molecule has 0 saturated heterocycles. The van der Waals surface area contributed by atoms with Gasteiger partial charge in [0.2, 0.25) is 0 Å². The lowest BCUT2D eigenvalue weighted by molar-refractivity contribution is -0.137. The van der Waals surface area contributed by atoms with Crippen molar-refractivity contribution in [2.75, 3.05) is 13.7 Å². The molecular weight excluding hydrogens is 241 g/mol. The van der Waals surface area contributed by atoms with Gasteiger partial charge in [-0.2, -0.15) is 13.2 Å². The van der Waals surface area contributed by atoms with Crippen molar-refractivity contribution >= 4 is 0 Å². The van der Waals surface area contributed by atoms with E-state index in [2.05, 4.69) is 0 Å². The summed E-state index contributed by atoms with van der Waals surface area (Å²) in [6.45, 7) is 0.778. The molecule has 0 radical (unpaired) electrons. The third-order valence-electron chi connectivity index (χ3n) is 2.85. The predicted molar refractivity (Wildman–Crippen MR) is 65.5 cm³/mol. The van der Waals surface area contributed by atoms with Gasteiger partial charge >= 0.3 is 6.18 Å². The van der Waals surface area contributed by atoms with E-state index >= 15 is 0 Å². The van der Waals surface area contributed by atoms with Gasteiger partial charge < -0.3 is 4.74 Å². The minimum Gasteiger partial charge on any atom is -0.385 e. The third-order valence-corrected chi connectivity index (χ3v) is 2.85. The number of hydrogen-bond acceptors (Lipinski definition) is 1. The van der Waals surface area contributed by atoms with Gasteiger partial charge in [-0.1, -0.05) is 25.0 Å². The zero-order valence-electron chi connectivity index (χ0n) is 10.6. The first-order valence-electron chi connectivity index (χ1n) is 6.19. The molecule has 0 bridgehead atoms. The van der Waals surface area contributed by atoms with Crippen LogP contribution in [0, 0.1) is 0 Å². The average molecular weight is 260 g/mol. The molecule has 102 valence electrons. The molecular formula is C14H19F3O. The number of halogens is 3. The van der Waals surface area contributed by atoms with E-state index in [-0.39, 0.29) is 0 Å². The summed E-state index contributed by atoms with van der Waals surface area (Å²) in [7, 11) is 1.68. The average Bonchev–Trinajstić information content (AvgIpc) is 2.33. The van der Waals surface area contributed by atoms with Crippen molar-refractivity contribution in [3.8, 4) is 0 Å². The van der Waals surface area contributed by atoms with Gasteiger partial charge in [-0.25, -0.2) is 0 Å². The van der Waals surface area contributed by atoms with Crippen molar-refractivity contribution in [2.24, 2.45) is 0 Å². The Bertz CT molecular complexity index is 330. The van der Waals surface area contributed by atoms with Crippen LogP contribution in [0.4, 0.5) is 13.2 Å². The largest absolute Gasteiger partial charge is 0.416 e. The molecule has 0 aliphatic heterocycles. The summed E-state index contributed by atoms with van der Waals surface area (Å²) >= 11 is 0. The Morgan fingerprint density at radius 1 is 0.944 bits per heavy atom. The summed E-state index contributed by atoms with van der Waals surface area (Å²) in [4.78, 5) is 0. The Hall–Kier alpha value is -1.03. The molecule has 0 unspecified atom stereocenters. The maximum absolute atomic E-state index is 12.3. The van der Waals surface area contributed by atoms with Crippen LogP contribution in [-0.2, 0) is 17.3 Å². The van der Waals surface area contributed by atoms with Crippen LogP contribution in [0.15, 0.2) is 24.3 Å². The monoisotopic (exact) mass is 260 g/mol. The molecule has 4 heteroatoms. The highest BCUT2D eigenvalue weighted by Gasteiger charge is 2.29. The predicted octanol–water partition coefficient (Wildman–Crippen LogP) is 4.45. The van der Waals surface area contributed by atoms with Crippen molar-refractivity contribution in [1.82, 2.24) is 0 Å². The normalized spacial score (nSPS) is 11.8. The maximum atomic E-state index is 12.3. The SMILES string of the molecule is COCCCCCCc1ccc(C(F)(F)F)cc1. The zero-order valence-corrected chi connectivity index (χ0v) is 10.6. The van der Waals surface area contributed by atoms with Crippen LogP contribution in [-0.4, -0.2) is 13.7 Å². The van der Waals surface area contributed by atoms with Crippen LogP contribution >= 0.6 is 0 Å². The van der Waals surface area contributed by atoms with E-state index in [1.165, 1.54) is 0 Å². The minimum absolute atomic E-state index is 0.577. The van der Waals surface area contributed by atoms with E-state index in [1.807, 2.05) is 0 Å². The molecule has 0 saturated carbocycles. The number of benzene rings is 1. The van der Waals surface area contributed by atoms with Crippen molar-refractivity contribution < 1.29 is 17.9 Å². The molecule has 1 aromatic rings. The lowest BCUT2D eigenvalue weighted by Crippen LogP contribution is -2.04. The van der Waals surface area contributed by atoms with Crippen molar-refractivity contribution in [3.05, 3.63) is 35.4 Å². The highest BCUT2D eigenvalue weighted by atomic mass is 19.4. The van der Waals surface area contributed by atoms with Crippen LogP contribution < -0.4 is 0 Å². The van der Waals surface area contributed by atoms with Gasteiger partial charge in [0.15, 0.2) is 0 Å². The first-order valence-corrected chi connectivity index (χ1v) is 6.19. The molecule has 0 aliphatic carbocycles. The molecule has 1 nitrogen and oxygen atoms in total. The minimum atomic E-state index is -4.24. The summed E-state index contributed by atoms with van der Waals surface area (Å²) in [6.07, 6.45) is 0.848. The fourth-order valence-electron chi connectivity index (χ4n) is 1.79. The first-order chi connectivity index (χ1) is 8.54. The molecule has 0 N–H and O–H groups in total. The highest BCUT2D eigenvalue weighted by Crippen LogP contribution is 2.29.